The Morgan fingerprint density at radius 3 is 2.56 bits per heavy atom. The molecule has 9 heavy (non-hydrogen) atoms. The van der Waals surface area contributed by atoms with Gasteiger partial charge in [0.25, 0.3) is 0 Å². The van der Waals surface area contributed by atoms with Crippen LogP contribution in [0.5, 0.6) is 0 Å². The second-order valence-corrected chi connectivity index (χ2v) is 1.55. The van der Waals surface area contributed by atoms with Crippen molar-refractivity contribution < 1.29 is 9.53 Å². The molecule has 0 heterocycles. The zero-order chi connectivity index (χ0) is 7.28. The van der Waals surface area contributed by atoms with Crippen LogP contribution in [-0.4, -0.2) is 18.9 Å². The van der Waals surface area contributed by atoms with E-state index in [9.17, 15) is 4.79 Å². The zero-order valence-electron chi connectivity index (χ0n) is 5.04. The largest absolute Gasteiger partial charge is 0.431 e. The van der Waals surface area contributed by atoms with Gasteiger partial charge in [0.05, 0.1) is 0 Å². The van der Waals surface area contributed by atoms with Crippen molar-refractivity contribution in [3.8, 4) is 0 Å². The Bertz CT molecular complexity index is 95.8. The van der Waals surface area contributed by atoms with Gasteiger partial charge in [-0.3, -0.25) is 5.73 Å². The highest BCUT2D eigenvalue weighted by molar-refractivity contribution is 5.64. The first-order valence-corrected chi connectivity index (χ1v) is 2.58. The van der Waals surface area contributed by atoms with E-state index in [1.807, 2.05) is 0 Å². The van der Waals surface area contributed by atoms with Gasteiger partial charge >= 0.3 is 6.09 Å². The van der Waals surface area contributed by atoms with Gasteiger partial charge in [-0.1, -0.05) is 0 Å². The molecule has 0 saturated carbocycles. The van der Waals surface area contributed by atoms with Gasteiger partial charge in [-0.25, -0.2) is 4.79 Å². The van der Waals surface area contributed by atoms with Crippen LogP contribution in [0, 0.1) is 0 Å². The molecule has 0 rings (SSSR count). The van der Waals surface area contributed by atoms with Gasteiger partial charge in [-0.2, -0.15) is 0 Å². The van der Waals surface area contributed by atoms with E-state index in [1.165, 1.54) is 0 Å². The Kier molecular flexibility index (Phi) is 3.74. The summed E-state index contributed by atoms with van der Waals surface area (Å²) in [5.74, 6) is 0. The second kappa shape index (κ2) is 4.11. The zero-order valence-corrected chi connectivity index (χ0v) is 5.04. The molecule has 0 bridgehead atoms. The fourth-order valence-electron chi connectivity index (χ4n) is 0.372. The van der Waals surface area contributed by atoms with E-state index in [-0.39, 0.29) is 0 Å². The number of hydrogen-bond donors (Lipinski definition) is 3. The number of carbonyl (C=O) groups excluding carboxylic acids is 1. The molecule has 54 valence electrons. The van der Waals surface area contributed by atoms with E-state index >= 15 is 0 Å². The van der Waals surface area contributed by atoms with Crippen LogP contribution in [0.1, 0.15) is 6.42 Å². The lowest BCUT2D eigenvalue weighted by atomic mass is 10.4. The van der Waals surface area contributed by atoms with Gasteiger partial charge < -0.3 is 16.2 Å². The Balaban J connectivity index is 3.26. The summed E-state index contributed by atoms with van der Waals surface area (Å²) in [7, 11) is 0. The van der Waals surface area contributed by atoms with E-state index in [0.29, 0.717) is 13.0 Å². The first-order chi connectivity index (χ1) is 4.16. The van der Waals surface area contributed by atoms with Crippen molar-refractivity contribution in [1.82, 2.24) is 0 Å². The maximum Gasteiger partial charge on any atom is 0.406 e. The quantitative estimate of drug-likeness (QED) is 0.417. The van der Waals surface area contributed by atoms with Gasteiger partial charge in [0.2, 0.25) is 0 Å². The van der Waals surface area contributed by atoms with Crippen LogP contribution in [-0.2, 0) is 4.74 Å². The summed E-state index contributed by atoms with van der Waals surface area (Å²) in [5, 5.41) is 0. The summed E-state index contributed by atoms with van der Waals surface area (Å²) < 4.78 is 4.33. The van der Waals surface area contributed by atoms with Crippen molar-refractivity contribution >= 4 is 6.09 Å². The lowest BCUT2D eigenvalue weighted by molar-refractivity contribution is 0.106. The van der Waals surface area contributed by atoms with E-state index in [4.69, 9.17) is 11.5 Å². The van der Waals surface area contributed by atoms with Crippen molar-refractivity contribution in [2.24, 2.45) is 17.2 Å². The molecule has 0 spiro atoms. The predicted molar refractivity (Wildman–Crippen MR) is 32.3 cm³/mol. The molecule has 0 aromatic carbocycles. The third kappa shape index (κ3) is 5.05. The highest BCUT2D eigenvalue weighted by Gasteiger charge is 2.02. The van der Waals surface area contributed by atoms with Gasteiger partial charge in [-0.15, -0.1) is 0 Å². The first-order valence-electron chi connectivity index (χ1n) is 2.58. The predicted octanol–water partition coefficient (Wildman–Crippen LogP) is -1.28. The van der Waals surface area contributed by atoms with Crippen LogP contribution in [0.4, 0.5) is 4.79 Å². The Morgan fingerprint density at radius 1 is 1.67 bits per heavy atom. The molecule has 0 aliphatic carbocycles. The van der Waals surface area contributed by atoms with Crippen LogP contribution in [0.3, 0.4) is 0 Å². The minimum Gasteiger partial charge on any atom is -0.431 e. The smallest absolute Gasteiger partial charge is 0.406 e. The van der Waals surface area contributed by atoms with E-state index < -0.39 is 12.3 Å². The van der Waals surface area contributed by atoms with Crippen LogP contribution < -0.4 is 17.2 Å². The Hall–Kier alpha value is -0.810. The summed E-state index contributed by atoms with van der Waals surface area (Å²) in [6, 6.07) is 0. The highest BCUT2D eigenvalue weighted by Crippen LogP contribution is 1.86. The minimum absolute atomic E-state index is 0.383. The maximum absolute atomic E-state index is 9.96. The molecule has 0 fully saturated rings. The average molecular weight is 133 g/mol. The SMILES string of the molecule is NCCC(N)OC(N)=O. The number of carbonyl (C=O) groups is 1. The van der Waals surface area contributed by atoms with Crippen LogP contribution in [0.25, 0.3) is 0 Å². The summed E-state index contributed by atoms with van der Waals surface area (Å²) in [6.07, 6.45) is -1.09. The monoisotopic (exact) mass is 133 g/mol. The average Bonchev–Trinajstić information content (AvgIpc) is 1.63. The lowest BCUT2D eigenvalue weighted by Crippen LogP contribution is -2.31. The molecular formula is C4H11N3O2. The topological polar surface area (TPSA) is 104 Å². The van der Waals surface area contributed by atoms with Gasteiger partial charge in [0, 0.05) is 6.42 Å². The van der Waals surface area contributed by atoms with E-state index in [2.05, 4.69) is 10.5 Å². The molecule has 1 amide bonds. The molecule has 5 heteroatoms. The molecule has 6 N–H and O–H groups in total. The van der Waals surface area contributed by atoms with Gasteiger partial charge in [0.15, 0.2) is 6.23 Å². The third-order valence-corrected chi connectivity index (χ3v) is 0.719. The molecule has 0 aromatic rings. The number of amides is 1. The standard InChI is InChI=1S/C4H11N3O2/c5-2-1-3(6)9-4(7)8/h3H,1-2,5-6H2,(H2,7,8). The van der Waals surface area contributed by atoms with Crippen molar-refractivity contribution in [3.05, 3.63) is 0 Å². The highest BCUT2D eigenvalue weighted by atomic mass is 16.6. The number of hydrogen-bond acceptors (Lipinski definition) is 4. The van der Waals surface area contributed by atoms with Crippen LogP contribution >= 0.6 is 0 Å². The fraction of sp³-hybridized carbons (Fsp3) is 0.750. The number of primary amides is 1. The van der Waals surface area contributed by atoms with E-state index in [0.717, 1.165) is 0 Å². The molecule has 1 atom stereocenters. The van der Waals surface area contributed by atoms with Crippen molar-refractivity contribution in [2.75, 3.05) is 6.54 Å². The normalized spacial score (nSPS) is 12.7. The molecule has 5 nitrogen and oxygen atoms in total. The van der Waals surface area contributed by atoms with Crippen LogP contribution in [0.15, 0.2) is 0 Å². The fourth-order valence-corrected chi connectivity index (χ4v) is 0.372. The maximum atomic E-state index is 9.96. The molecule has 0 aliphatic heterocycles. The lowest BCUT2D eigenvalue weighted by Gasteiger charge is -2.08. The van der Waals surface area contributed by atoms with Gasteiger partial charge in [0.1, 0.15) is 0 Å². The molecule has 0 radical (unpaired) electrons. The summed E-state index contributed by atoms with van der Waals surface area (Å²) in [5.41, 5.74) is 14.9. The molecule has 0 aliphatic rings. The Labute approximate surface area is 53.1 Å². The first kappa shape index (κ1) is 8.19. The van der Waals surface area contributed by atoms with E-state index in [1.54, 1.807) is 0 Å². The number of rotatable bonds is 3. The third-order valence-electron chi connectivity index (χ3n) is 0.719. The number of nitrogens with two attached hydrogens (primary N) is 3. The summed E-state index contributed by atoms with van der Waals surface area (Å²) >= 11 is 0. The van der Waals surface area contributed by atoms with Crippen molar-refractivity contribution in [2.45, 2.75) is 12.6 Å². The van der Waals surface area contributed by atoms with Crippen molar-refractivity contribution in [3.63, 3.8) is 0 Å². The number of ether oxygens (including phenoxy) is 1. The van der Waals surface area contributed by atoms with Gasteiger partial charge in [-0.05, 0) is 6.54 Å². The second-order valence-electron chi connectivity index (χ2n) is 1.55. The Morgan fingerprint density at radius 2 is 2.22 bits per heavy atom. The molecule has 1 unspecified atom stereocenters. The van der Waals surface area contributed by atoms with Crippen molar-refractivity contribution in [1.29, 1.82) is 0 Å². The van der Waals surface area contributed by atoms with Crippen LogP contribution in [0.2, 0.25) is 0 Å². The molecular weight excluding hydrogens is 122 g/mol. The molecule has 0 aromatic heterocycles. The summed E-state index contributed by atoms with van der Waals surface area (Å²) in [4.78, 5) is 9.96. The summed E-state index contributed by atoms with van der Waals surface area (Å²) in [6.45, 7) is 0.383. The minimum atomic E-state index is -0.865. The molecule has 0 saturated heterocycles.